The summed E-state index contributed by atoms with van der Waals surface area (Å²) in [7, 11) is 0. The highest BCUT2D eigenvalue weighted by Crippen LogP contribution is 2.39. The first-order valence-electron chi connectivity index (χ1n) is 9.60. The molecule has 0 bridgehead atoms. The Balaban J connectivity index is 1.56. The van der Waals surface area contributed by atoms with Crippen LogP contribution in [0.25, 0.3) is 5.69 Å². The van der Waals surface area contributed by atoms with Crippen molar-refractivity contribution < 1.29 is 23.5 Å². The van der Waals surface area contributed by atoms with E-state index in [9.17, 15) is 14.0 Å². The third-order valence-corrected chi connectivity index (χ3v) is 5.32. The minimum atomic E-state index is -0.675. The van der Waals surface area contributed by atoms with Gasteiger partial charge in [0.1, 0.15) is 24.8 Å². The summed E-state index contributed by atoms with van der Waals surface area (Å²) in [6.45, 7) is 2.68. The largest absolute Gasteiger partial charge is 0.486 e. The average molecular weight is 407 g/mol. The third-order valence-electron chi connectivity index (χ3n) is 5.32. The minimum Gasteiger partial charge on any atom is -0.486 e. The topological polar surface area (TPSA) is 82.5 Å². The zero-order valence-corrected chi connectivity index (χ0v) is 16.1. The van der Waals surface area contributed by atoms with E-state index in [0.29, 0.717) is 53.0 Å². The van der Waals surface area contributed by atoms with E-state index in [4.69, 9.17) is 9.47 Å². The van der Waals surface area contributed by atoms with Crippen LogP contribution < -0.4 is 14.8 Å². The molecule has 3 heterocycles. The molecular weight excluding hydrogens is 389 g/mol. The normalized spacial score (nSPS) is 17.3. The van der Waals surface area contributed by atoms with Crippen LogP contribution in [0.15, 0.2) is 42.5 Å². The Morgan fingerprint density at radius 1 is 1.13 bits per heavy atom. The summed E-state index contributed by atoms with van der Waals surface area (Å²) in [5, 5.41) is 7.33. The fourth-order valence-corrected chi connectivity index (χ4v) is 3.94. The predicted molar refractivity (Wildman–Crippen MR) is 106 cm³/mol. The van der Waals surface area contributed by atoms with Crippen LogP contribution >= 0.6 is 0 Å². The Morgan fingerprint density at radius 3 is 2.63 bits per heavy atom. The summed E-state index contributed by atoms with van der Waals surface area (Å²) in [6, 6.07) is 10.8. The second kappa shape index (κ2) is 6.98. The zero-order chi connectivity index (χ0) is 20.8. The summed E-state index contributed by atoms with van der Waals surface area (Å²) < 4.78 is 26.0. The Labute approximate surface area is 171 Å². The molecule has 3 aromatic rings. The van der Waals surface area contributed by atoms with Crippen LogP contribution in [-0.4, -0.2) is 34.7 Å². The lowest BCUT2D eigenvalue weighted by Crippen LogP contribution is -2.28. The number of benzene rings is 2. The molecule has 1 aromatic heterocycles. The van der Waals surface area contributed by atoms with Gasteiger partial charge in [0.15, 0.2) is 17.3 Å². The molecule has 5 rings (SSSR count). The van der Waals surface area contributed by atoms with Crippen molar-refractivity contribution in [3.8, 4) is 17.2 Å². The Morgan fingerprint density at radius 2 is 1.87 bits per heavy atom. The monoisotopic (exact) mass is 407 g/mol. The SMILES string of the molecule is Cc1nn(-c2ccc(F)cc2)c2c1[C@H](C(=O)c1ccc3c(c1)OCCO3)CC(=O)N2. The number of ether oxygens (including phenoxy) is 2. The number of fused-ring (bicyclic) bond motifs is 2. The molecule has 0 saturated heterocycles. The molecule has 152 valence electrons. The molecule has 1 N–H and O–H groups in total. The number of Topliss-reactive ketones (excluding diaryl/α,β-unsaturated/α-hetero) is 1. The highest BCUT2D eigenvalue weighted by molar-refractivity contribution is 6.08. The van der Waals surface area contributed by atoms with E-state index in [1.165, 1.54) is 16.8 Å². The lowest BCUT2D eigenvalue weighted by atomic mass is 9.85. The zero-order valence-electron chi connectivity index (χ0n) is 16.1. The average Bonchev–Trinajstić information content (AvgIpc) is 3.09. The molecule has 0 unspecified atom stereocenters. The molecule has 8 heteroatoms. The first-order chi connectivity index (χ1) is 14.5. The van der Waals surface area contributed by atoms with Crippen LogP contribution in [0.1, 0.15) is 34.0 Å². The number of ketones is 1. The van der Waals surface area contributed by atoms with E-state index >= 15 is 0 Å². The van der Waals surface area contributed by atoms with Crippen molar-refractivity contribution in [1.82, 2.24) is 9.78 Å². The van der Waals surface area contributed by atoms with Crippen LogP contribution in [-0.2, 0) is 4.79 Å². The molecule has 2 aliphatic heterocycles. The molecule has 0 radical (unpaired) electrons. The van der Waals surface area contributed by atoms with Gasteiger partial charge in [0.25, 0.3) is 0 Å². The van der Waals surface area contributed by atoms with Gasteiger partial charge in [-0.2, -0.15) is 5.10 Å². The maximum atomic E-state index is 13.4. The van der Waals surface area contributed by atoms with Crippen molar-refractivity contribution in [3.63, 3.8) is 0 Å². The lowest BCUT2D eigenvalue weighted by Gasteiger charge is -2.24. The fraction of sp³-hybridized carbons (Fsp3) is 0.227. The molecule has 7 nitrogen and oxygen atoms in total. The van der Waals surface area contributed by atoms with Gasteiger partial charge in [-0.1, -0.05) is 0 Å². The van der Waals surface area contributed by atoms with Crippen LogP contribution in [0, 0.1) is 12.7 Å². The second-order valence-electron chi connectivity index (χ2n) is 7.26. The molecule has 0 aliphatic carbocycles. The van der Waals surface area contributed by atoms with Gasteiger partial charge in [-0.25, -0.2) is 9.07 Å². The van der Waals surface area contributed by atoms with Crippen molar-refractivity contribution in [2.24, 2.45) is 0 Å². The smallest absolute Gasteiger partial charge is 0.226 e. The maximum absolute atomic E-state index is 13.4. The van der Waals surface area contributed by atoms with Gasteiger partial charge < -0.3 is 14.8 Å². The van der Waals surface area contributed by atoms with Gasteiger partial charge in [0.05, 0.1) is 17.3 Å². The summed E-state index contributed by atoms with van der Waals surface area (Å²) in [6.07, 6.45) is 0.0240. The van der Waals surface area contributed by atoms with E-state index in [-0.39, 0.29) is 23.9 Å². The van der Waals surface area contributed by atoms with E-state index in [2.05, 4.69) is 10.4 Å². The number of nitrogens with zero attached hydrogens (tertiary/aromatic N) is 2. The molecule has 30 heavy (non-hydrogen) atoms. The number of nitrogens with one attached hydrogen (secondary N) is 1. The van der Waals surface area contributed by atoms with Gasteiger partial charge in [-0.05, 0) is 49.4 Å². The van der Waals surface area contributed by atoms with Gasteiger partial charge in [0, 0.05) is 17.5 Å². The number of aryl methyl sites for hydroxylation is 1. The first-order valence-corrected chi connectivity index (χ1v) is 9.60. The van der Waals surface area contributed by atoms with E-state index in [1.807, 2.05) is 0 Å². The number of carbonyl (C=O) groups excluding carboxylic acids is 2. The lowest BCUT2D eigenvalue weighted by molar-refractivity contribution is -0.116. The van der Waals surface area contributed by atoms with Gasteiger partial charge >= 0.3 is 0 Å². The predicted octanol–water partition coefficient (Wildman–Crippen LogP) is 3.40. The Kier molecular flexibility index (Phi) is 4.27. The van der Waals surface area contributed by atoms with Gasteiger partial charge in [-0.15, -0.1) is 0 Å². The number of hydrogen-bond donors (Lipinski definition) is 1. The van der Waals surface area contributed by atoms with Crippen LogP contribution in [0.2, 0.25) is 0 Å². The third kappa shape index (κ3) is 3.01. The summed E-state index contributed by atoms with van der Waals surface area (Å²) in [5.74, 6) is 0.0435. The number of aromatic nitrogens is 2. The molecule has 1 atom stereocenters. The van der Waals surface area contributed by atoms with Crippen LogP contribution in [0.4, 0.5) is 10.2 Å². The molecule has 0 fully saturated rings. The van der Waals surface area contributed by atoms with Crippen molar-refractivity contribution in [1.29, 1.82) is 0 Å². The number of rotatable bonds is 3. The van der Waals surface area contributed by atoms with E-state index in [1.54, 1.807) is 37.3 Å². The fourth-order valence-electron chi connectivity index (χ4n) is 3.94. The van der Waals surface area contributed by atoms with Gasteiger partial charge in [0.2, 0.25) is 5.91 Å². The standard InChI is InChI=1S/C22H18FN3O4/c1-12-20-16(21(28)13-2-7-17-18(10-13)30-9-8-29-17)11-19(27)24-22(20)26(25-12)15-5-3-14(23)4-6-15/h2-7,10,16H,8-9,11H2,1H3,(H,24,27)/t16-/m1/s1. The highest BCUT2D eigenvalue weighted by atomic mass is 19.1. The maximum Gasteiger partial charge on any atom is 0.226 e. The molecular formula is C22H18FN3O4. The van der Waals surface area contributed by atoms with Crippen LogP contribution in [0.5, 0.6) is 11.5 Å². The summed E-state index contributed by atoms with van der Waals surface area (Å²) >= 11 is 0. The Bertz CT molecular complexity index is 1170. The van der Waals surface area contributed by atoms with E-state index in [0.717, 1.165) is 0 Å². The van der Waals surface area contributed by atoms with Gasteiger partial charge in [-0.3, -0.25) is 9.59 Å². The Hall–Kier alpha value is -3.68. The molecule has 2 aliphatic rings. The van der Waals surface area contributed by atoms with E-state index < -0.39 is 5.92 Å². The molecule has 0 spiro atoms. The molecule has 2 aromatic carbocycles. The number of halogens is 1. The number of amides is 1. The van der Waals surface area contributed by atoms with Crippen molar-refractivity contribution >= 4 is 17.5 Å². The molecule has 1 amide bonds. The minimum absolute atomic E-state index is 0.0240. The number of hydrogen-bond acceptors (Lipinski definition) is 5. The quantitative estimate of drug-likeness (QED) is 0.673. The van der Waals surface area contributed by atoms with Crippen molar-refractivity contribution in [3.05, 3.63) is 65.1 Å². The second-order valence-corrected chi connectivity index (χ2v) is 7.26. The first kappa shape index (κ1) is 18.4. The molecule has 0 saturated carbocycles. The number of carbonyl (C=O) groups is 2. The highest BCUT2D eigenvalue weighted by Gasteiger charge is 2.36. The summed E-state index contributed by atoms with van der Waals surface area (Å²) in [5.41, 5.74) is 2.33. The van der Waals surface area contributed by atoms with Crippen molar-refractivity contribution in [2.45, 2.75) is 19.3 Å². The van der Waals surface area contributed by atoms with Crippen LogP contribution in [0.3, 0.4) is 0 Å². The number of anilines is 1. The van der Waals surface area contributed by atoms with Crippen molar-refractivity contribution in [2.75, 3.05) is 18.5 Å². The summed E-state index contributed by atoms with van der Waals surface area (Å²) in [4.78, 5) is 25.8.